The van der Waals surface area contributed by atoms with Gasteiger partial charge in [-0.25, -0.2) is 14.0 Å². The summed E-state index contributed by atoms with van der Waals surface area (Å²) in [5.74, 6) is -4.14. The van der Waals surface area contributed by atoms with Crippen LogP contribution in [0.2, 0.25) is 0 Å². The Morgan fingerprint density at radius 1 is 0.646 bits per heavy atom. The van der Waals surface area contributed by atoms with Gasteiger partial charge >= 0.3 is 18.1 Å². The number of carbonyl (C=O) groups excluding carboxylic acids is 2. The van der Waals surface area contributed by atoms with Crippen molar-refractivity contribution in [2.75, 3.05) is 6.61 Å². The number of esters is 2. The van der Waals surface area contributed by atoms with Crippen LogP contribution in [0, 0.1) is 11.6 Å². The normalized spacial score (nSPS) is 12.1. The van der Waals surface area contributed by atoms with Crippen molar-refractivity contribution in [1.29, 1.82) is 0 Å². The van der Waals surface area contributed by atoms with Gasteiger partial charge in [-0.2, -0.15) is 17.6 Å². The van der Waals surface area contributed by atoms with E-state index in [9.17, 15) is 31.5 Å². The van der Waals surface area contributed by atoms with E-state index in [4.69, 9.17) is 14.2 Å². The van der Waals surface area contributed by atoms with Crippen molar-refractivity contribution in [1.82, 2.24) is 0 Å². The molecule has 0 heterocycles. The predicted molar refractivity (Wildman–Crippen MR) is 175 cm³/mol. The smallest absolute Gasteiger partial charge is 0.425 e. The molecule has 0 aliphatic heterocycles. The molecule has 0 saturated heterocycles. The molecular weight excluding hydrogens is 631 g/mol. The molecule has 0 radical (unpaired) electrons. The van der Waals surface area contributed by atoms with Gasteiger partial charge in [-0.15, -0.1) is 0 Å². The zero-order valence-corrected chi connectivity index (χ0v) is 27.7. The molecule has 0 fully saturated rings. The fourth-order valence-electron chi connectivity index (χ4n) is 5.14. The topological polar surface area (TPSA) is 61.8 Å². The Hall–Kier alpha value is -3.95. The van der Waals surface area contributed by atoms with E-state index < -0.39 is 35.9 Å². The Labute approximate surface area is 279 Å². The first-order valence-corrected chi connectivity index (χ1v) is 16.9. The van der Waals surface area contributed by atoms with E-state index in [0.29, 0.717) is 18.6 Å². The first-order valence-electron chi connectivity index (χ1n) is 16.9. The maximum absolute atomic E-state index is 14.9. The van der Waals surface area contributed by atoms with Crippen LogP contribution in [0.3, 0.4) is 0 Å². The van der Waals surface area contributed by atoms with Crippen LogP contribution in [0.25, 0.3) is 11.1 Å². The summed E-state index contributed by atoms with van der Waals surface area (Å²) in [6.45, 7) is 4.42. The zero-order chi connectivity index (χ0) is 34.9. The van der Waals surface area contributed by atoms with Crippen molar-refractivity contribution in [3.05, 3.63) is 83.4 Å². The van der Waals surface area contributed by atoms with Gasteiger partial charge in [0.25, 0.3) is 0 Å². The first kappa shape index (κ1) is 38.5. The summed E-state index contributed by atoms with van der Waals surface area (Å²) in [5.41, 5.74) is 0.330. The molecule has 262 valence electrons. The molecule has 0 aliphatic carbocycles. The summed E-state index contributed by atoms with van der Waals surface area (Å²) < 4.78 is 85.4. The van der Waals surface area contributed by atoms with Crippen molar-refractivity contribution >= 4 is 11.9 Å². The molecule has 0 spiro atoms. The SMILES string of the molecule is CCCCCCCCCCOc1ccc(-c2ccc(C(=O)Oc3ccc(C(=O)OC(CCCCCC)C(F)(F)F)cc3)cc2)c(F)c1F. The third-order valence-corrected chi connectivity index (χ3v) is 7.97. The highest BCUT2D eigenvalue weighted by atomic mass is 19.4. The molecule has 5 nitrogen and oxygen atoms in total. The molecule has 3 aromatic rings. The number of benzene rings is 3. The van der Waals surface area contributed by atoms with Crippen molar-refractivity contribution in [2.24, 2.45) is 0 Å². The maximum atomic E-state index is 14.9. The average molecular weight is 677 g/mol. The lowest BCUT2D eigenvalue weighted by Crippen LogP contribution is -2.33. The minimum atomic E-state index is -4.68. The van der Waals surface area contributed by atoms with Crippen LogP contribution in [0.1, 0.15) is 118 Å². The van der Waals surface area contributed by atoms with Crippen molar-refractivity contribution in [3.63, 3.8) is 0 Å². The molecule has 0 aliphatic rings. The van der Waals surface area contributed by atoms with Gasteiger partial charge in [0.05, 0.1) is 17.7 Å². The summed E-state index contributed by atoms with van der Waals surface area (Å²) in [7, 11) is 0. The third-order valence-electron chi connectivity index (χ3n) is 7.97. The molecule has 10 heteroatoms. The first-order chi connectivity index (χ1) is 23.0. The number of hydrogen-bond donors (Lipinski definition) is 0. The number of rotatable bonds is 20. The van der Waals surface area contributed by atoms with Gasteiger partial charge in [0, 0.05) is 5.56 Å². The molecule has 1 atom stereocenters. The predicted octanol–water partition coefficient (Wildman–Crippen LogP) is 11.4. The summed E-state index contributed by atoms with van der Waals surface area (Å²) in [5, 5.41) is 0. The van der Waals surface area contributed by atoms with Gasteiger partial charge in [0.2, 0.25) is 5.82 Å². The van der Waals surface area contributed by atoms with Crippen LogP contribution in [0.15, 0.2) is 60.7 Å². The number of halogens is 5. The number of hydrogen-bond acceptors (Lipinski definition) is 5. The second-order valence-corrected chi connectivity index (χ2v) is 11.8. The lowest BCUT2D eigenvalue weighted by molar-refractivity contribution is -0.206. The van der Waals surface area contributed by atoms with Crippen LogP contribution in [0.5, 0.6) is 11.5 Å². The Morgan fingerprint density at radius 2 is 1.19 bits per heavy atom. The molecular formula is C38H45F5O5. The Bertz CT molecular complexity index is 1420. The third kappa shape index (κ3) is 12.3. The lowest BCUT2D eigenvalue weighted by Gasteiger charge is -2.20. The lowest BCUT2D eigenvalue weighted by atomic mass is 10.0. The van der Waals surface area contributed by atoms with Gasteiger partial charge in [-0.3, -0.25) is 0 Å². The Balaban J connectivity index is 1.52. The van der Waals surface area contributed by atoms with Gasteiger partial charge in [-0.1, -0.05) is 90.2 Å². The summed E-state index contributed by atoms with van der Waals surface area (Å²) >= 11 is 0. The number of ether oxygens (including phenoxy) is 3. The standard InChI is InChI=1S/C38H45F5O5/c1-3-5-7-9-10-11-12-14-26-46-32-25-24-31(34(39)35(32)40)27-16-18-28(19-17-27)36(44)47-30-22-20-29(21-23-30)37(45)48-33(38(41,42)43)15-13-8-6-4-2/h16-25,33H,3-15,26H2,1-2H3. The second kappa shape index (κ2) is 19.8. The molecule has 3 aromatic carbocycles. The Kier molecular flexibility index (Phi) is 15.9. The summed E-state index contributed by atoms with van der Waals surface area (Å²) in [6.07, 6.45) is 4.24. The summed E-state index contributed by atoms with van der Waals surface area (Å²) in [6, 6.07) is 13.4. The molecule has 1 unspecified atom stereocenters. The second-order valence-electron chi connectivity index (χ2n) is 11.8. The zero-order valence-electron chi connectivity index (χ0n) is 27.7. The van der Waals surface area contributed by atoms with E-state index in [0.717, 1.165) is 38.5 Å². The van der Waals surface area contributed by atoms with Gasteiger partial charge < -0.3 is 14.2 Å². The largest absolute Gasteiger partial charge is 0.490 e. The molecule has 0 saturated carbocycles. The van der Waals surface area contributed by atoms with Gasteiger partial charge in [0.1, 0.15) is 5.75 Å². The highest BCUT2D eigenvalue weighted by molar-refractivity contribution is 5.92. The average Bonchev–Trinajstić information content (AvgIpc) is 3.07. The van der Waals surface area contributed by atoms with E-state index >= 15 is 0 Å². The molecule has 0 N–H and O–H groups in total. The van der Waals surface area contributed by atoms with Crippen LogP contribution < -0.4 is 9.47 Å². The fraction of sp³-hybridized carbons (Fsp3) is 0.474. The number of alkyl halides is 3. The van der Waals surface area contributed by atoms with Crippen LogP contribution >= 0.6 is 0 Å². The van der Waals surface area contributed by atoms with Crippen LogP contribution in [-0.2, 0) is 4.74 Å². The molecule has 0 amide bonds. The molecule has 3 rings (SSSR count). The minimum absolute atomic E-state index is 0.00282. The van der Waals surface area contributed by atoms with E-state index in [1.807, 2.05) is 6.92 Å². The van der Waals surface area contributed by atoms with Gasteiger partial charge in [0.15, 0.2) is 17.7 Å². The monoisotopic (exact) mass is 676 g/mol. The van der Waals surface area contributed by atoms with Crippen LogP contribution in [0.4, 0.5) is 22.0 Å². The number of carbonyl (C=O) groups is 2. The maximum Gasteiger partial charge on any atom is 0.425 e. The Morgan fingerprint density at radius 3 is 1.79 bits per heavy atom. The molecule has 0 aromatic heterocycles. The van der Waals surface area contributed by atoms with Gasteiger partial charge in [-0.05, 0) is 73.4 Å². The highest BCUT2D eigenvalue weighted by Crippen LogP contribution is 2.31. The quantitative estimate of drug-likeness (QED) is 0.0516. The van der Waals surface area contributed by atoms with Crippen molar-refractivity contribution in [3.8, 4) is 22.6 Å². The van der Waals surface area contributed by atoms with E-state index in [-0.39, 0.29) is 41.0 Å². The number of unbranched alkanes of at least 4 members (excludes halogenated alkanes) is 10. The van der Waals surface area contributed by atoms with E-state index in [1.165, 1.54) is 86.3 Å². The molecule has 0 bridgehead atoms. The van der Waals surface area contributed by atoms with E-state index in [1.54, 1.807) is 0 Å². The fourth-order valence-corrected chi connectivity index (χ4v) is 5.14. The highest BCUT2D eigenvalue weighted by Gasteiger charge is 2.42. The molecule has 48 heavy (non-hydrogen) atoms. The minimum Gasteiger partial charge on any atom is -0.490 e. The summed E-state index contributed by atoms with van der Waals surface area (Å²) in [4.78, 5) is 25.1. The van der Waals surface area contributed by atoms with E-state index in [2.05, 4.69) is 6.92 Å². The van der Waals surface area contributed by atoms with Crippen molar-refractivity contribution in [2.45, 2.75) is 110 Å². The van der Waals surface area contributed by atoms with Crippen molar-refractivity contribution < 1.29 is 45.8 Å². The van der Waals surface area contributed by atoms with Crippen LogP contribution in [-0.4, -0.2) is 30.8 Å².